The Labute approximate surface area is 120 Å². The number of nitrogens with two attached hydrogens (primary N) is 1. The van der Waals surface area contributed by atoms with Crippen molar-refractivity contribution in [2.24, 2.45) is 5.73 Å². The summed E-state index contributed by atoms with van der Waals surface area (Å²) < 4.78 is 20.0. The summed E-state index contributed by atoms with van der Waals surface area (Å²) in [6.45, 7) is 2.10. The van der Waals surface area contributed by atoms with Crippen LogP contribution in [0.15, 0.2) is 46.9 Å². The van der Waals surface area contributed by atoms with Gasteiger partial charge in [0, 0.05) is 16.1 Å². The number of hydrogen-bond donors (Lipinski definition) is 1. The van der Waals surface area contributed by atoms with Gasteiger partial charge in [0.05, 0.1) is 0 Å². The van der Waals surface area contributed by atoms with E-state index in [9.17, 15) is 4.39 Å². The van der Waals surface area contributed by atoms with Crippen molar-refractivity contribution < 1.29 is 9.13 Å². The summed E-state index contributed by atoms with van der Waals surface area (Å²) in [7, 11) is 0. The Morgan fingerprint density at radius 1 is 1.26 bits per heavy atom. The number of ether oxygens (including phenoxy) is 1. The minimum Gasteiger partial charge on any atom is -0.489 e. The average molecular weight is 324 g/mol. The molecule has 0 aromatic heterocycles. The molecule has 2 rings (SSSR count). The molecule has 2 nitrogen and oxygen atoms in total. The lowest BCUT2D eigenvalue weighted by molar-refractivity contribution is 0.299. The van der Waals surface area contributed by atoms with Gasteiger partial charge in [-0.1, -0.05) is 28.1 Å². The van der Waals surface area contributed by atoms with E-state index in [2.05, 4.69) is 15.9 Å². The fourth-order valence-corrected chi connectivity index (χ4v) is 2.11. The van der Waals surface area contributed by atoms with Crippen molar-refractivity contribution in [1.29, 1.82) is 0 Å². The number of hydrogen-bond acceptors (Lipinski definition) is 2. The van der Waals surface area contributed by atoms with Gasteiger partial charge >= 0.3 is 0 Å². The van der Waals surface area contributed by atoms with Gasteiger partial charge in [-0.05, 0) is 42.8 Å². The molecule has 2 aromatic rings. The van der Waals surface area contributed by atoms with Crippen LogP contribution < -0.4 is 10.5 Å². The van der Waals surface area contributed by atoms with Gasteiger partial charge in [0.1, 0.15) is 18.2 Å². The third-order valence-electron chi connectivity index (χ3n) is 2.79. The second kappa shape index (κ2) is 6.17. The quantitative estimate of drug-likeness (QED) is 0.915. The van der Waals surface area contributed by atoms with Crippen LogP contribution in [0.25, 0.3) is 0 Å². The highest BCUT2D eigenvalue weighted by Gasteiger charge is 2.05. The first-order valence-corrected chi connectivity index (χ1v) is 6.78. The van der Waals surface area contributed by atoms with Crippen LogP contribution in [0.2, 0.25) is 0 Å². The van der Waals surface area contributed by atoms with E-state index in [4.69, 9.17) is 10.5 Å². The fourth-order valence-electron chi connectivity index (χ4n) is 1.70. The van der Waals surface area contributed by atoms with Crippen LogP contribution in [-0.4, -0.2) is 0 Å². The van der Waals surface area contributed by atoms with Gasteiger partial charge in [-0.2, -0.15) is 0 Å². The number of rotatable bonds is 4. The van der Waals surface area contributed by atoms with Gasteiger partial charge in [-0.3, -0.25) is 0 Å². The molecule has 4 heteroatoms. The third-order valence-corrected chi connectivity index (χ3v) is 3.28. The molecule has 0 aliphatic carbocycles. The fraction of sp³-hybridized carbons (Fsp3) is 0.200. The van der Waals surface area contributed by atoms with E-state index in [-0.39, 0.29) is 18.5 Å². The molecule has 0 amide bonds. The molecule has 0 aliphatic rings. The zero-order valence-electron chi connectivity index (χ0n) is 10.6. The van der Waals surface area contributed by atoms with Crippen molar-refractivity contribution in [2.75, 3.05) is 0 Å². The molecule has 100 valence electrons. The predicted molar refractivity (Wildman–Crippen MR) is 77.5 cm³/mol. The van der Waals surface area contributed by atoms with Crippen molar-refractivity contribution in [1.82, 2.24) is 0 Å². The minimum atomic E-state index is -0.272. The van der Waals surface area contributed by atoms with Crippen LogP contribution in [0.3, 0.4) is 0 Å². The van der Waals surface area contributed by atoms with Crippen molar-refractivity contribution >= 4 is 15.9 Å². The molecule has 1 atom stereocenters. The highest BCUT2D eigenvalue weighted by atomic mass is 79.9. The molecule has 0 saturated carbocycles. The first kappa shape index (κ1) is 14.0. The summed E-state index contributed by atoms with van der Waals surface area (Å²) in [5.41, 5.74) is 7.32. The van der Waals surface area contributed by atoms with Crippen LogP contribution in [0.1, 0.15) is 24.1 Å². The molecule has 0 heterocycles. The average Bonchev–Trinajstić information content (AvgIpc) is 2.40. The van der Waals surface area contributed by atoms with Gasteiger partial charge in [0.15, 0.2) is 0 Å². The standard InChI is InChI=1S/C15H15BrFNO/c1-10(18)11-3-2-4-14(8-11)19-9-12-7-13(16)5-6-15(12)17/h2-8,10H,9,18H2,1H3/t10-/m1/s1. The van der Waals surface area contributed by atoms with Crippen LogP contribution in [0.5, 0.6) is 5.75 Å². The normalized spacial score (nSPS) is 12.2. The van der Waals surface area contributed by atoms with E-state index in [0.717, 1.165) is 10.0 Å². The van der Waals surface area contributed by atoms with E-state index < -0.39 is 0 Å². The van der Waals surface area contributed by atoms with Gasteiger partial charge < -0.3 is 10.5 Å². The summed E-state index contributed by atoms with van der Waals surface area (Å²) in [6.07, 6.45) is 0. The van der Waals surface area contributed by atoms with Crippen molar-refractivity contribution in [3.63, 3.8) is 0 Å². The van der Waals surface area contributed by atoms with E-state index in [1.54, 1.807) is 12.1 Å². The molecule has 0 aliphatic heterocycles. The maximum absolute atomic E-state index is 13.6. The zero-order chi connectivity index (χ0) is 13.8. The maximum Gasteiger partial charge on any atom is 0.129 e. The molecule has 19 heavy (non-hydrogen) atoms. The molecule has 2 aromatic carbocycles. The highest BCUT2D eigenvalue weighted by molar-refractivity contribution is 9.10. The molecule has 0 spiro atoms. The minimum absolute atomic E-state index is 0.0499. The Morgan fingerprint density at radius 2 is 2.05 bits per heavy atom. The van der Waals surface area contributed by atoms with Crippen molar-refractivity contribution in [3.05, 3.63) is 63.9 Å². The first-order valence-electron chi connectivity index (χ1n) is 5.98. The predicted octanol–water partition coefficient (Wildman–Crippen LogP) is 4.19. The van der Waals surface area contributed by atoms with Gasteiger partial charge in [-0.15, -0.1) is 0 Å². The zero-order valence-corrected chi connectivity index (χ0v) is 12.2. The molecule has 0 saturated heterocycles. The van der Waals surface area contributed by atoms with Crippen LogP contribution in [-0.2, 0) is 6.61 Å². The van der Waals surface area contributed by atoms with Crippen molar-refractivity contribution in [2.45, 2.75) is 19.6 Å². The Balaban J connectivity index is 2.10. The summed E-state index contributed by atoms with van der Waals surface area (Å²) in [6, 6.07) is 12.3. The lowest BCUT2D eigenvalue weighted by Gasteiger charge is -2.10. The molecule has 0 fully saturated rings. The highest BCUT2D eigenvalue weighted by Crippen LogP contribution is 2.21. The smallest absolute Gasteiger partial charge is 0.129 e. The van der Waals surface area contributed by atoms with Gasteiger partial charge in [0.25, 0.3) is 0 Å². The Morgan fingerprint density at radius 3 is 2.79 bits per heavy atom. The first-order chi connectivity index (χ1) is 9.06. The molecular weight excluding hydrogens is 309 g/mol. The number of halogens is 2. The maximum atomic E-state index is 13.6. The summed E-state index contributed by atoms with van der Waals surface area (Å²) >= 11 is 3.31. The third kappa shape index (κ3) is 3.78. The second-order valence-corrected chi connectivity index (χ2v) is 5.30. The molecular formula is C15H15BrFNO. The van der Waals surface area contributed by atoms with Crippen molar-refractivity contribution in [3.8, 4) is 5.75 Å². The summed E-state index contributed by atoms with van der Waals surface area (Å²) in [5.74, 6) is 0.417. The molecule has 0 bridgehead atoms. The number of benzene rings is 2. The Kier molecular flexibility index (Phi) is 4.56. The van der Waals surface area contributed by atoms with Gasteiger partial charge in [0.2, 0.25) is 0 Å². The molecule has 2 N–H and O–H groups in total. The monoisotopic (exact) mass is 323 g/mol. The summed E-state index contributed by atoms with van der Waals surface area (Å²) in [5, 5.41) is 0. The van der Waals surface area contributed by atoms with Crippen LogP contribution >= 0.6 is 15.9 Å². The topological polar surface area (TPSA) is 35.2 Å². The summed E-state index contributed by atoms with van der Waals surface area (Å²) in [4.78, 5) is 0. The Hall–Kier alpha value is -1.39. The van der Waals surface area contributed by atoms with Gasteiger partial charge in [-0.25, -0.2) is 4.39 Å². The lowest BCUT2D eigenvalue weighted by atomic mass is 10.1. The van der Waals surface area contributed by atoms with E-state index in [1.165, 1.54) is 6.07 Å². The SMILES string of the molecule is C[C@@H](N)c1cccc(OCc2cc(Br)ccc2F)c1. The van der Waals surface area contributed by atoms with E-state index in [1.807, 2.05) is 31.2 Å². The molecule has 0 unspecified atom stereocenters. The molecule has 0 radical (unpaired) electrons. The van der Waals surface area contributed by atoms with Crippen LogP contribution in [0.4, 0.5) is 4.39 Å². The van der Waals surface area contributed by atoms with E-state index >= 15 is 0 Å². The Bertz CT molecular complexity index is 572. The van der Waals surface area contributed by atoms with Crippen LogP contribution in [0, 0.1) is 5.82 Å². The second-order valence-electron chi connectivity index (χ2n) is 4.39. The van der Waals surface area contributed by atoms with E-state index in [0.29, 0.717) is 11.3 Å². The largest absolute Gasteiger partial charge is 0.489 e. The lowest BCUT2D eigenvalue weighted by Crippen LogP contribution is -2.05.